The van der Waals surface area contributed by atoms with E-state index in [2.05, 4.69) is 9.47 Å². The Hall–Kier alpha value is -1.63. The van der Waals surface area contributed by atoms with Gasteiger partial charge in [0.05, 0.1) is 17.8 Å². The smallest absolute Gasteiger partial charge is 0.465 e. The third-order valence-corrected chi connectivity index (χ3v) is 2.10. The fourth-order valence-electron chi connectivity index (χ4n) is 1.07. The Kier molecular flexibility index (Phi) is 3.72. The van der Waals surface area contributed by atoms with Gasteiger partial charge in [0.2, 0.25) is 0 Å². The topological polar surface area (TPSA) is 61.5 Å². The molecule has 0 unspecified atom stereocenters. The minimum atomic E-state index is -4.98. The number of ether oxygens (including phenoxy) is 2. The van der Waals surface area contributed by atoms with Gasteiger partial charge in [-0.05, 0) is 12.1 Å². The monoisotopic (exact) mass is 269 g/mol. The number of rotatable bonds is 2. The zero-order chi connectivity index (χ0) is 13.2. The number of hydrogen-bond acceptors (Lipinski definition) is 4. The highest BCUT2D eigenvalue weighted by atomic mass is 35.5. The number of esters is 1. The van der Waals surface area contributed by atoms with Crippen LogP contribution >= 0.6 is 11.6 Å². The van der Waals surface area contributed by atoms with Crippen LogP contribution < -0.4 is 10.5 Å². The number of carbonyl (C=O) groups excluding carboxylic acids is 1. The van der Waals surface area contributed by atoms with Crippen LogP contribution in [0.2, 0.25) is 5.02 Å². The number of hydrogen-bond donors (Lipinski definition) is 1. The average Bonchev–Trinajstić information content (AvgIpc) is 2.22. The Labute approximate surface area is 99.1 Å². The summed E-state index contributed by atoms with van der Waals surface area (Å²) < 4.78 is 44.3. The number of benzene rings is 1. The minimum Gasteiger partial charge on any atom is -0.465 e. The van der Waals surface area contributed by atoms with E-state index in [1.807, 2.05) is 0 Å². The predicted molar refractivity (Wildman–Crippen MR) is 53.9 cm³/mol. The van der Waals surface area contributed by atoms with Gasteiger partial charge in [-0.2, -0.15) is 0 Å². The molecule has 1 aromatic carbocycles. The molecule has 0 radical (unpaired) electrons. The molecule has 0 aromatic heterocycles. The summed E-state index contributed by atoms with van der Waals surface area (Å²) in [5, 5.41) is -0.156. The Balaban J connectivity index is 3.31. The molecule has 8 heteroatoms. The second-order valence-electron chi connectivity index (χ2n) is 2.88. The molecule has 0 aliphatic rings. The van der Waals surface area contributed by atoms with E-state index < -0.39 is 29.3 Å². The maximum absolute atomic E-state index is 12.1. The molecule has 17 heavy (non-hydrogen) atoms. The van der Waals surface area contributed by atoms with Gasteiger partial charge in [0, 0.05) is 0 Å². The van der Waals surface area contributed by atoms with Crippen molar-refractivity contribution in [2.45, 2.75) is 6.36 Å². The summed E-state index contributed by atoms with van der Waals surface area (Å²) >= 11 is 5.54. The number of nitrogen functional groups attached to an aromatic ring is 1. The maximum atomic E-state index is 12.1. The molecule has 0 amide bonds. The van der Waals surface area contributed by atoms with Gasteiger partial charge in [-0.25, -0.2) is 4.79 Å². The molecule has 0 fully saturated rings. The van der Waals surface area contributed by atoms with Gasteiger partial charge < -0.3 is 15.2 Å². The van der Waals surface area contributed by atoms with Crippen molar-refractivity contribution in [3.05, 3.63) is 22.7 Å². The van der Waals surface area contributed by atoms with Gasteiger partial charge in [-0.3, -0.25) is 0 Å². The summed E-state index contributed by atoms with van der Waals surface area (Å²) in [6.07, 6.45) is -4.98. The average molecular weight is 270 g/mol. The van der Waals surface area contributed by atoms with Gasteiger partial charge in [0.1, 0.15) is 5.56 Å². The second kappa shape index (κ2) is 4.70. The number of nitrogens with two attached hydrogens (primary N) is 1. The number of methoxy groups -OCH3 is 1. The lowest BCUT2D eigenvalue weighted by Crippen LogP contribution is -2.20. The number of anilines is 1. The zero-order valence-electron chi connectivity index (χ0n) is 8.47. The number of halogens is 4. The van der Waals surface area contributed by atoms with Crippen LogP contribution in [0.5, 0.6) is 5.75 Å². The molecule has 2 N–H and O–H groups in total. The highest BCUT2D eigenvalue weighted by molar-refractivity contribution is 6.33. The van der Waals surface area contributed by atoms with E-state index in [1.165, 1.54) is 6.07 Å². The van der Waals surface area contributed by atoms with Gasteiger partial charge in [-0.15, -0.1) is 13.2 Å². The van der Waals surface area contributed by atoms with Crippen molar-refractivity contribution in [1.29, 1.82) is 0 Å². The van der Waals surface area contributed by atoms with Crippen LogP contribution in [-0.2, 0) is 4.74 Å². The molecule has 0 atom stereocenters. The Morgan fingerprint density at radius 1 is 1.41 bits per heavy atom. The van der Waals surface area contributed by atoms with E-state index in [0.717, 1.165) is 13.2 Å². The van der Waals surface area contributed by atoms with Crippen LogP contribution in [0.25, 0.3) is 0 Å². The SMILES string of the molecule is COC(=O)c1ccc(Cl)c(N)c1OC(F)(F)F. The lowest BCUT2D eigenvalue weighted by atomic mass is 10.1. The molecular formula is C9H7ClF3NO3. The first kappa shape index (κ1) is 13.4. The van der Waals surface area contributed by atoms with Gasteiger partial charge >= 0.3 is 12.3 Å². The van der Waals surface area contributed by atoms with Crippen molar-refractivity contribution in [3.8, 4) is 5.75 Å². The van der Waals surface area contributed by atoms with E-state index in [9.17, 15) is 18.0 Å². The molecule has 4 nitrogen and oxygen atoms in total. The maximum Gasteiger partial charge on any atom is 0.573 e. The summed E-state index contributed by atoms with van der Waals surface area (Å²) in [5.74, 6) is -1.87. The Morgan fingerprint density at radius 2 is 2.00 bits per heavy atom. The quantitative estimate of drug-likeness (QED) is 0.662. The number of alkyl halides is 3. The largest absolute Gasteiger partial charge is 0.573 e. The molecule has 0 saturated carbocycles. The molecule has 0 saturated heterocycles. The lowest BCUT2D eigenvalue weighted by Gasteiger charge is -2.14. The van der Waals surface area contributed by atoms with E-state index >= 15 is 0 Å². The fraction of sp³-hybridized carbons (Fsp3) is 0.222. The van der Waals surface area contributed by atoms with E-state index in [1.54, 1.807) is 0 Å². The fourth-order valence-corrected chi connectivity index (χ4v) is 1.22. The summed E-state index contributed by atoms with van der Waals surface area (Å²) in [6.45, 7) is 0. The van der Waals surface area contributed by atoms with Crippen molar-refractivity contribution in [1.82, 2.24) is 0 Å². The molecule has 1 aromatic rings. The molecular weight excluding hydrogens is 263 g/mol. The van der Waals surface area contributed by atoms with Crippen molar-refractivity contribution in [2.24, 2.45) is 0 Å². The highest BCUT2D eigenvalue weighted by Crippen LogP contribution is 2.36. The first-order chi connectivity index (χ1) is 7.76. The third kappa shape index (κ3) is 3.16. The van der Waals surface area contributed by atoms with Crippen LogP contribution in [0.4, 0.5) is 18.9 Å². The molecule has 0 bridgehead atoms. The van der Waals surface area contributed by atoms with E-state index in [0.29, 0.717) is 0 Å². The molecule has 94 valence electrons. The normalized spacial score (nSPS) is 11.1. The lowest BCUT2D eigenvalue weighted by molar-refractivity contribution is -0.274. The van der Waals surface area contributed by atoms with Gasteiger partial charge in [0.15, 0.2) is 5.75 Å². The number of carbonyl (C=O) groups is 1. The van der Waals surface area contributed by atoms with Crippen LogP contribution in [-0.4, -0.2) is 19.4 Å². The van der Waals surface area contributed by atoms with Crippen molar-refractivity contribution in [2.75, 3.05) is 12.8 Å². The van der Waals surface area contributed by atoms with Crippen molar-refractivity contribution < 1.29 is 27.4 Å². The first-order valence-corrected chi connectivity index (χ1v) is 4.56. The molecule has 0 aliphatic carbocycles. The standard InChI is InChI=1S/C9H7ClF3NO3/c1-16-8(15)4-2-3-5(10)6(14)7(4)17-9(11,12)13/h2-3H,14H2,1H3. The summed E-state index contributed by atoms with van der Waals surface area (Å²) in [7, 11) is 1.02. The second-order valence-corrected chi connectivity index (χ2v) is 3.28. The van der Waals surface area contributed by atoms with Crippen molar-refractivity contribution >= 4 is 23.3 Å². The molecule has 0 heterocycles. The van der Waals surface area contributed by atoms with Crippen molar-refractivity contribution in [3.63, 3.8) is 0 Å². The summed E-state index contributed by atoms with van der Waals surface area (Å²) in [5.41, 5.74) is 4.39. The highest BCUT2D eigenvalue weighted by Gasteiger charge is 2.34. The van der Waals surface area contributed by atoms with Gasteiger partial charge in [-0.1, -0.05) is 11.6 Å². The Morgan fingerprint density at radius 3 is 2.47 bits per heavy atom. The van der Waals surface area contributed by atoms with E-state index in [-0.39, 0.29) is 5.02 Å². The van der Waals surface area contributed by atoms with Crippen LogP contribution in [0.1, 0.15) is 10.4 Å². The molecule has 0 aliphatic heterocycles. The summed E-state index contributed by atoms with van der Waals surface area (Å²) in [6, 6.07) is 2.21. The minimum absolute atomic E-state index is 0.156. The van der Waals surface area contributed by atoms with Crippen LogP contribution in [0, 0.1) is 0 Å². The van der Waals surface area contributed by atoms with Gasteiger partial charge in [0.25, 0.3) is 0 Å². The third-order valence-electron chi connectivity index (χ3n) is 1.77. The molecule has 0 spiro atoms. The summed E-state index contributed by atoms with van der Waals surface area (Å²) in [4.78, 5) is 11.2. The van der Waals surface area contributed by atoms with Crippen LogP contribution in [0.3, 0.4) is 0 Å². The molecule has 1 rings (SSSR count). The first-order valence-electron chi connectivity index (χ1n) is 4.18. The Bertz CT molecular complexity index is 448. The van der Waals surface area contributed by atoms with Crippen LogP contribution in [0.15, 0.2) is 12.1 Å². The zero-order valence-corrected chi connectivity index (χ0v) is 9.22. The predicted octanol–water partition coefficient (Wildman–Crippen LogP) is 2.61. The van der Waals surface area contributed by atoms with E-state index in [4.69, 9.17) is 17.3 Å².